The molecule has 1 N–H and O–H groups in total. The molecule has 2 atom stereocenters. The fraction of sp³-hybridized carbons (Fsp3) is 0.231. The number of tetrazole rings is 1. The van der Waals surface area contributed by atoms with Gasteiger partial charge in [0, 0.05) is 36.1 Å². The normalized spacial score (nSPS) is 15.4. The minimum Gasteiger partial charge on any atom is -0.326 e. The van der Waals surface area contributed by atoms with Gasteiger partial charge in [-0.25, -0.2) is 9.67 Å². The maximum absolute atomic E-state index is 13.4. The number of amides is 1. The van der Waals surface area contributed by atoms with Crippen molar-refractivity contribution in [3.8, 4) is 22.5 Å². The van der Waals surface area contributed by atoms with Crippen LogP contribution in [0.15, 0.2) is 158 Å². The van der Waals surface area contributed by atoms with E-state index in [1.54, 1.807) is 0 Å². The number of hydrogen-bond donors (Lipinski definition) is 1. The topological polar surface area (TPSA) is 108 Å². The maximum Gasteiger partial charge on any atom is 0.228 e. The molecule has 0 saturated heterocycles. The van der Waals surface area contributed by atoms with Gasteiger partial charge in [0.2, 0.25) is 5.91 Å². The first-order valence-corrected chi connectivity index (χ1v) is 21.5. The molecule has 8 aromatic rings. The van der Waals surface area contributed by atoms with Gasteiger partial charge < -0.3 is 14.7 Å². The molecule has 9 rings (SSSR count). The van der Waals surface area contributed by atoms with Crippen LogP contribution in [0.25, 0.3) is 33.5 Å². The Balaban J connectivity index is 1.07. The zero-order valence-electron chi connectivity index (χ0n) is 34.4. The highest BCUT2D eigenvalue weighted by atomic mass is 16.2. The summed E-state index contributed by atoms with van der Waals surface area (Å²) >= 11 is 0. The standard InChI is InChI=1S/C52H49N7O2/c1-2-3-27-49-54-47-33-32-43(53-51(61)45-25-14-13-17-39(45)36-60)34-48(47)58(49)35-37-28-30-38(31-29-37)44-24-15-16-26-46(44)50-55-56-57-59(50)52(40-18-7-4-8-19-40,41-20-9-5-10-21-41)42-22-11-6-12-23-42/h4-12,15-16,18-24,26,28-34,36,39,45H,2-3,13-14,17,25,27,35H2,1H3,(H,53,61)/t39-,45-/m1/s1. The maximum atomic E-state index is 13.4. The summed E-state index contributed by atoms with van der Waals surface area (Å²) in [5.74, 6) is 1.08. The number of fused-ring (bicyclic) bond motifs is 1. The van der Waals surface area contributed by atoms with Crippen molar-refractivity contribution in [2.75, 3.05) is 5.32 Å². The third-order valence-corrected chi connectivity index (χ3v) is 12.3. The molecular formula is C52H49N7O2. The van der Waals surface area contributed by atoms with Crippen molar-refractivity contribution < 1.29 is 9.59 Å². The number of anilines is 1. The minimum absolute atomic E-state index is 0.0794. The average Bonchev–Trinajstić information content (AvgIpc) is 3.95. The van der Waals surface area contributed by atoms with Crippen LogP contribution >= 0.6 is 0 Å². The molecule has 1 amide bonds. The van der Waals surface area contributed by atoms with Gasteiger partial charge in [-0.1, -0.05) is 166 Å². The first-order chi connectivity index (χ1) is 30.1. The lowest BCUT2D eigenvalue weighted by molar-refractivity contribution is -0.126. The molecule has 1 aliphatic carbocycles. The number of carbonyl (C=O) groups is 2. The number of nitrogens with one attached hydrogen (secondary N) is 1. The third-order valence-electron chi connectivity index (χ3n) is 12.3. The minimum atomic E-state index is -0.876. The summed E-state index contributed by atoms with van der Waals surface area (Å²) in [7, 11) is 0. The molecule has 1 fully saturated rings. The van der Waals surface area contributed by atoms with E-state index in [4.69, 9.17) is 15.3 Å². The lowest BCUT2D eigenvalue weighted by atomic mass is 9.77. The van der Waals surface area contributed by atoms with Crippen LogP contribution in [0, 0.1) is 11.8 Å². The second kappa shape index (κ2) is 17.7. The largest absolute Gasteiger partial charge is 0.326 e. The van der Waals surface area contributed by atoms with E-state index in [1.165, 1.54) is 0 Å². The van der Waals surface area contributed by atoms with E-state index in [2.05, 4.69) is 137 Å². The summed E-state index contributed by atoms with van der Waals surface area (Å²) in [6, 6.07) is 54.3. The van der Waals surface area contributed by atoms with Crippen molar-refractivity contribution in [3.05, 3.63) is 186 Å². The molecule has 0 spiro atoms. The van der Waals surface area contributed by atoms with E-state index in [9.17, 15) is 9.59 Å². The van der Waals surface area contributed by atoms with E-state index < -0.39 is 5.54 Å². The predicted molar refractivity (Wildman–Crippen MR) is 241 cm³/mol. The average molecular weight is 804 g/mol. The molecule has 0 aliphatic heterocycles. The first kappa shape index (κ1) is 39.5. The van der Waals surface area contributed by atoms with Gasteiger partial charge in [-0.3, -0.25) is 4.79 Å². The Morgan fingerprint density at radius 2 is 1.38 bits per heavy atom. The van der Waals surface area contributed by atoms with Crippen LogP contribution in [0.2, 0.25) is 0 Å². The number of aldehydes is 1. The summed E-state index contributed by atoms with van der Waals surface area (Å²) in [6.07, 6.45) is 7.37. The van der Waals surface area contributed by atoms with Gasteiger partial charge >= 0.3 is 0 Å². The Kier molecular flexibility index (Phi) is 11.4. The molecule has 2 heterocycles. The Morgan fingerprint density at radius 3 is 2.02 bits per heavy atom. The van der Waals surface area contributed by atoms with E-state index in [-0.39, 0.29) is 17.7 Å². The van der Waals surface area contributed by atoms with Crippen LogP contribution in [-0.4, -0.2) is 42.0 Å². The predicted octanol–water partition coefficient (Wildman–Crippen LogP) is 10.5. The van der Waals surface area contributed by atoms with E-state index >= 15 is 0 Å². The number of hydrogen-bond acceptors (Lipinski definition) is 6. The molecule has 1 saturated carbocycles. The molecule has 0 unspecified atom stereocenters. The Hall–Kier alpha value is -7.00. The number of imidazole rings is 1. The van der Waals surface area contributed by atoms with Crippen LogP contribution < -0.4 is 5.32 Å². The van der Waals surface area contributed by atoms with Gasteiger partial charge in [0.15, 0.2) is 5.82 Å². The number of nitrogens with zero attached hydrogens (tertiary/aromatic N) is 6. The number of benzene rings is 6. The van der Waals surface area contributed by atoms with Crippen molar-refractivity contribution in [1.29, 1.82) is 0 Å². The number of rotatable bonds is 14. The first-order valence-electron chi connectivity index (χ1n) is 21.5. The number of carbonyl (C=O) groups excluding carboxylic acids is 2. The van der Waals surface area contributed by atoms with Crippen molar-refractivity contribution in [3.63, 3.8) is 0 Å². The van der Waals surface area contributed by atoms with Crippen molar-refractivity contribution in [2.45, 2.75) is 64.0 Å². The van der Waals surface area contributed by atoms with Crippen LogP contribution in [-0.2, 0) is 28.1 Å². The van der Waals surface area contributed by atoms with Gasteiger partial charge in [0.25, 0.3) is 0 Å². The number of aryl methyl sites for hydroxylation is 1. The molecule has 0 bridgehead atoms. The van der Waals surface area contributed by atoms with Gasteiger partial charge in [-0.15, -0.1) is 5.10 Å². The monoisotopic (exact) mass is 803 g/mol. The highest BCUT2D eigenvalue weighted by Crippen LogP contribution is 2.43. The van der Waals surface area contributed by atoms with Gasteiger partial charge in [0.05, 0.1) is 11.0 Å². The van der Waals surface area contributed by atoms with Crippen molar-refractivity contribution in [2.24, 2.45) is 11.8 Å². The van der Waals surface area contributed by atoms with E-state index in [0.29, 0.717) is 12.4 Å². The lowest BCUT2D eigenvalue weighted by Gasteiger charge is -2.36. The summed E-state index contributed by atoms with van der Waals surface area (Å²) in [6.45, 7) is 2.81. The molecule has 6 aromatic carbocycles. The second-order valence-corrected chi connectivity index (χ2v) is 16.1. The molecule has 9 nitrogen and oxygen atoms in total. The molecule has 61 heavy (non-hydrogen) atoms. The number of unbranched alkanes of at least 4 members (excludes halogenated alkanes) is 1. The number of aromatic nitrogens is 6. The van der Waals surface area contributed by atoms with Crippen LogP contribution in [0.3, 0.4) is 0 Å². The van der Waals surface area contributed by atoms with Crippen LogP contribution in [0.4, 0.5) is 5.69 Å². The lowest BCUT2D eigenvalue weighted by Crippen LogP contribution is -2.39. The zero-order chi connectivity index (χ0) is 41.6. The van der Waals surface area contributed by atoms with E-state index in [0.717, 1.165) is 113 Å². The van der Waals surface area contributed by atoms with Crippen molar-refractivity contribution >= 4 is 28.9 Å². The Bertz CT molecular complexity index is 2650. The molecule has 1 aliphatic rings. The molecule has 0 radical (unpaired) electrons. The molecule has 9 heteroatoms. The summed E-state index contributed by atoms with van der Waals surface area (Å²) < 4.78 is 4.26. The molecular weight excluding hydrogens is 755 g/mol. The van der Waals surface area contributed by atoms with Crippen LogP contribution in [0.5, 0.6) is 0 Å². The van der Waals surface area contributed by atoms with Gasteiger partial charge in [-0.05, 0) is 81.3 Å². The van der Waals surface area contributed by atoms with Crippen molar-refractivity contribution in [1.82, 2.24) is 29.8 Å². The molecule has 304 valence electrons. The highest BCUT2D eigenvalue weighted by molar-refractivity contribution is 5.96. The molecule has 2 aromatic heterocycles. The summed E-state index contributed by atoms with van der Waals surface area (Å²) in [5, 5.41) is 17.1. The zero-order valence-corrected chi connectivity index (χ0v) is 34.4. The van der Waals surface area contributed by atoms with Gasteiger partial charge in [-0.2, -0.15) is 0 Å². The highest BCUT2D eigenvalue weighted by Gasteiger charge is 2.42. The van der Waals surface area contributed by atoms with Gasteiger partial charge in [0.1, 0.15) is 17.6 Å². The third kappa shape index (κ3) is 7.68. The fourth-order valence-electron chi connectivity index (χ4n) is 9.22. The summed E-state index contributed by atoms with van der Waals surface area (Å²) in [4.78, 5) is 30.2. The second-order valence-electron chi connectivity index (χ2n) is 16.1. The Labute approximate surface area is 356 Å². The Morgan fingerprint density at radius 1 is 0.754 bits per heavy atom. The van der Waals surface area contributed by atoms with Crippen LogP contribution in [0.1, 0.15) is 73.5 Å². The fourth-order valence-corrected chi connectivity index (χ4v) is 9.22. The van der Waals surface area contributed by atoms with E-state index in [1.807, 2.05) is 47.1 Å². The smallest absolute Gasteiger partial charge is 0.228 e. The SMILES string of the molecule is CCCCc1nc2ccc(NC(=O)[C@@H]3CCCC[C@@H]3C=O)cc2n1Cc1ccc(-c2ccccc2-c2nnnn2C(c2ccccc2)(c2ccccc2)c2ccccc2)cc1. The summed E-state index contributed by atoms with van der Waals surface area (Å²) in [5.41, 5.74) is 8.94. The quantitative estimate of drug-likeness (QED) is 0.0866.